The Hall–Kier alpha value is -3.72. The number of alkyl halides is 3. The van der Waals surface area contributed by atoms with Crippen molar-refractivity contribution >= 4 is 17.9 Å². The second kappa shape index (κ2) is 15.1. The highest BCUT2D eigenvalue weighted by Gasteiger charge is 2.41. The monoisotopic (exact) mass is 615 g/mol. The molecular weight excluding hydrogens is 579 g/mol. The third kappa shape index (κ3) is 10.5. The molecule has 0 bridgehead atoms. The van der Waals surface area contributed by atoms with Crippen molar-refractivity contribution in [2.45, 2.75) is 63.1 Å². The standard InChI is InChI=1S/C23H28F3NO3.C6H8O7/c1-3-30-16-18-14-17(4-9-21(18)29-2)15-27-12-10-22(28,11-13-27)19-5-7-20(8-6-19)23(24,25)26;7-3(8)1-6(13,5(11)12)2-4(9)10/h4-9,14,28H,3,10-13,15-16H2,1-2H3;13H,1-2H2,(H,7,8)(H,9,10)(H,11,12). The lowest BCUT2D eigenvalue weighted by Crippen LogP contribution is -2.42. The van der Waals surface area contributed by atoms with Crippen LogP contribution in [0.15, 0.2) is 42.5 Å². The van der Waals surface area contributed by atoms with E-state index in [-0.39, 0.29) is 0 Å². The number of aliphatic hydroxyl groups is 2. The molecule has 1 aliphatic rings. The molecular formula is C29H36F3NO10. The SMILES string of the molecule is CCOCc1cc(CN2CCC(O)(c3ccc(C(F)(F)F)cc3)CC2)ccc1OC.O=C(O)CC(O)(CC(=O)O)C(=O)O. The molecule has 1 fully saturated rings. The van der Waals surface area contributed by atoms with Crippen LogP contribution >= 0.6 is 0 Å². The Morgan fingerprint density at radius 3 is 1.95 bits per heavy atom. The second-order valence-corrected chi connectivity index (χ2v) is 10.1. The fraction of sp³-hybridized carbons (Fsp3) is 0.483. The highest BCUT2D eigenvalue weighted by molar-refractivity contribution is 5.88. The largest absolute Gasteiger partial charge is 0.496 e. The molecule has 1 saturated heterocycles. The van der Waals surface area contributed by atoms with E-state index in [1.165, 1.54) is 12.1 Å². The summed E-state index contributed by atoms with van der Waals surface area (Å²) < 4.78 is 49.2. The highest BCUT2D eigenvalue weighted by Crippen LogP contribution is 2.36. The summed E-state index contributed by atoms with van der Waals surface area (Å²) >= 11 is 0. The molecule has 3 rings (SSSR count). The van der Waals surface area contributed by atoms with Crippen LogP contribution in [0.3, 0.4) is 0 Å². The fourth-order valence-corrected chi connectivity index (χ4v) is 4.57. The van der Waals surface area contributed by atoms with E-state index in [9.17, 15) is 32.7 Å². The lowest BCUT2D eigenvalue weighted by atomic mass is 9.84. The zero-order chi connectivity index (χ0) is 32.4. The Kier molecular flexibility index (Phi) is 12.5. The Morgan fingerprint density at radius 1 is 0.953 bits per heavy atom. The lowest BCUT2D eigenvalue weighted by Gasteiger charge is -2.38. The summed E-state index contributed by atoms with van der Waals surface area (Å²) in [6.07, 6.45) is -5.71. The molecule has 238 valence electrons. The number of hydrogen-bond acceptors (Lipinski definition) is 8. The molecule has 0 unspecified atom stereocenters. The molecule has 0 amide bonds. The topological polar surface area (TPSA) is 174 Å². The minimum absolute atomic E-state index is 0.473. The Balaban J connectivity index is 0.000000420. The van der Waals surface area contributed by atoms with Gasteiger partial charge in [0.05, 0.1) is 37.7 Å². The number of benzene rings is 2. The van der Waals surface area contributed by atoms with Crippen LogP contribution in [0.4, 0.5) is 13.2 Å². The number of piperidine rings is 1. The minimum atomic E-state index is -4.37. The predicted octanol–water partition coefficient (Wildman–Crippen LogP) is 3.49. The Bertz CT molecular complexity index is 1230. The van der Waals surface area contributed by atoms with Crippen LogP contribution in [0.1, 0.15) is 54.9 Å². The van der Waals surface area contributed by atoms with Crippen molar-refractivity contribution in [3.8, 4) is 5.75 Å². The van der Waals surface area contributed by atoms with E-state index in [0.29, 0.717) is 44.7 Å². The van der Waals surface area contributed by atoms with Crippen LogP contribution in [-0.2, 0) is 44.0 Å². The van der Waals surface area contributed by atoms with Gasteiger partial charge in [0, 0.05) is 31.8 Å². The molecule has 2 aromatic carbocycles. The van der Waals surface area contributed by atoms with Crippen molar-refractivity contribution in [3.05, 3.63) is 64.7 Å². The lowest BCUT2D eigenvalue weighted by molar-refractivity contribution is -0.170. The number of halogens is 3. The Labute approximate surface area is 246 Å². The van der Waals surface area contributed by atoms with Crippen molar-refractivity contribution in [2.75, 3.05) is 26.8 Å². The van der Waals surface area contributed by atoms with E-state index in [2.05, 4.69) is 11.0 Å². The second-order valence-electron chi connectivity index (χ2n) is 10.1. The van der Waals surface area contributed by atoms with Crippen molar-refractivity contribution in [1.82, 2.24) is 4.90 Å². The number of rotatable bonds is 12. The van der Waals surface area contributed by atoms with Crippen molar-refractivity contribution in [3.63, 3.8) is 0 Å². The smallest absolute Gasteiger partial charge is 0.416 e. The summed E-state index contributed by atoms with van der Waals surface area (Å²) in [7, 11) is 1.64. The van der Waals surface area contributed by atoms with Crippen LogP contribution < -0.4 is 4.74 Å². The molecule has 11 nitrogen and oxygen atoms in total. The number of carboxylic acids is 3. The van der Waals surface area contributed by atoms with Crippen LogP contribution in [0, 0.1) is 0 Å². The van der Waals surface area contributed by atoms with Crippen LogP contribution in [0.2, 0.25) is 0 Å². The maximum atomic E-state index is 12.8. The van der Waals surface area contributed by atoms with Crippen LogP contribution in [0.25, 0.3) is 0 Å². The number of ether oxygens (including phenoxy) is 2. The molecule has 0 spiro atoms. The molecule has 0 atom stereocenters. The normalized spacial score (nSPS) is 15.2. The first-order chi connectivity index (χ1) is 20.0. The number of nitrogens with zero attached hydrogens (tertiary/aromatic N) is 1. The maximum absolute atomic E-state index is 12.8. The van der Waals surface area contributed by atoms with Crippen LogP contribution in [0.5, 0.6) is 5.75 Å². The number of carbonyl (C=O) groups is 3. The average molecular weight is 616 g/mol. The van der Waals surface area contributed by atoms with E-state index >= 15 is 0 Å². The van der Waals surface area contributed by atoms with Gasteiger partial charge in [-0.05, 0) is 55.2 Å². The molecule has 0 saturated carbocycles. The van der Waals surface area contributed by atoms with Gasteiger partial charge in [0.25, 0.3) is 0 Å². The van der Waals surface area contributed by atoms with Crippen molar-refractivity contribution in [1.29, 1.82) is 0 Å². The van der Waals surface area contributed by atoms with Crippen LogP contribution in [-0.4, -0.2) is 80.7 Å². The van der Waals surface area contributed by atoms with Gasteiger partial charge in [-0.2, -0.15) is 13.2 Å². The molecule has 5 N–H and O–H groups in total. The van der Waals surface area contributed by atoms with E-state index in [1.807, 2.05) is 19.1 Å². The van der Waals surface area contributed by atoms with Gasteiger partial charge in [-0.3, -0.25) is 14.5 Å². The fourth-order valence-electron chi connectivity index (χ4n) is 4.57. The highest BCUT2D eigenvalue weighted by atomic mass is 19.4. The van der Waals surface area contributed by atoms with E-state index in [1.54, 1.807) is 7.11 Å². The van der Waals surface area contributed by atoms with Gasteiger partial charge in [-0.25, -0.2) is 4.79 Å². The number of carboxylic acid groups (broad SMARTS) is 3. The third-order valence-corrected chi connectivity index (χ3v) is 6.93. The quantitative estimate of drug-likeness (QED) is 0.237. The van der Waals surface area contributed by atoms with Gasteiger partial charge in [0.15, 0.2) is 5.60 Å². The van der Waals surface area contributed by atoms with E-state index < -0.39 is 53.7 Å². The first kappa shape index (κ1) is 35.5. The number of aliphatic carboxylic acids is 3. The summed E-state index contributed by atoms with van der Waals surface area (Å²) in [5.74, 6) is -4.22. The summed E-state index contributed by atoms with van der Waals surface area (Å²) in [4.78, 5) is 32.7. The number of likely N-dealkylation sites (tertiary alicyclic amines) is 1. The predicted molar refractivity (Wildman–Crippen MR) is 145 cm³/mol. The van der Waals surface area contributed by atoms with Gasteiger partial charge in [0.2, 0.25) is 0 Å². The first-order valence-electron chi connectivity index (χ1n) is 13.3. The van der Waals surface area contributed by atoms with Gasteiger partial charge in [-0.15, -0.1) is 0 Å². The summed E-state index contributed by atoms with van der Waals surface area (Å²) in [6, 6.07) is 10.9. The minimum Gasteiger partial charge on any atom is -0.496 e. The molecule has 1 heterocycles. The molecule has 14 heteroatoms. The van der Waals surface area contributed by atoms with Gasteiger partial charge >= 0.3 is 24.1 Å². The third-order valence-electron chi connectivity index (χ3n) is 6.93. The van der Waals surface area contributed by atoms with Gasteiger partial charge in [0.1, 0.15) is 5.75 Å². The molecule has 0 radical (unpaired) electrons. The van der Waals surface area contributed by atoms with E-state index in [0.717, 1.165) is 35.6 Å². The molecule has 2 aromatic rings. The zero-order valence-corrected chi connectivity index (χ0v) is 23.8. The van der Waals surface area contributed by atoms with Crippen molar-refractivity contribution in [2.24, 2.45) is 0 Å². The zero-order valence-electron chi connectivity index (χ0n) is 23.8. The van der Waals surface area contributed by atoms with Crippen molar-refractivity contribution < 1.29 is 62.6 Å². The summed E-state index contributed by atoms with van der Waals surface area (Å²) in [5, 5.41) is 44.8. The molecule has 0 aromatic heterocycles. The van der Waals surface area contributed by atoms with Gasteiger partial charge < -0.3 is 35.0 Å². The molecule has 43 heavy (non-hydrogen) atoms. The number of methoxy groups -OCH3 is 1. The average Bonchev–Trinajstić information content (AvgIpc) is 2.92. The summed E-state index contributed by atoms with van der Waals surface area (Å²) in [6.45, 7) is 5.10. The summed E-state index contributed by atoms with van der Waals surface area (Å²) in [5.41, 5.74) is -1.87. The first-order valence-corrected chi connectivity index (χ1v) is 13.3. The van der Waals surface area contributed by atoms with E-state index in [4.69, 9.17) is 29.9 Å². The molecule has 0 aliphatic carbocycles. The van der Waals surface area contributed by atoms with Gasteiger partial charge in [-0.1, -0.05) is 18.2 Å². The maximum Gasteiger partial charge on any atom is 0.416 e. The Morgan fingerprint density at radius 2 is 1.51 bits per heavy atom. The molecule has 1 aliphatic heterocycles. The number of hydrogen-bond donors (Lipinski definition) is 5.